The number of anilines is 1. The average Bonchev–Trinajstić information content (AvgIpc) is 2.53. The van der Waals surface area contributed by atoms with Gasteiger partial charge in [-0.25, -0.2) is 0 Å². The molecule has 0 amide bonds. The summed E-state index contributed by atoms with van der Waals surface area (Å²) in [7, 11) is 2.13. The van der Waals surface area contributed by atoms with Crippen LogP contribution in [0.15, 0.2) is 53.4 Å². The van der Waals surface area contributed by atoms with Gasteiger partial charge in [0.1, 0.15) is 5.75 Å². The number of para-hydroxylation sites is 2. The molecule has 0 radical (unpaired) electrons. The highest BCUT2D eigenvalue weighted by atomic mass is 32.2. The molecule has 0 fully saturated rings. The van der Waals surface area contributed by atoms with E-state index in [4.69, 9.17) is 4.74 Å². The summed E-state index contributed by atoms with van der Waals surface area (Å²) in [6, 6.07) is 16.3. The fraction of sp³-hybridized carbons (Fsp3) is 0.333. The lowest BCUT2D eigenvalue weighted by Crippen LogP contribution is -2.19. The lowest BCUT2D eigenvalue weighted by atomic mass is 10.2. The summed E-state index contributed by atoms with van der Waals surface area (Å²) < 4.78 is 6.17. The smallest absolute Gasteiger partial charge is 0.164 e. The zero-order chi connectivity index (χ0) is 15.1. The van der Waals surface area contributed by atoms with Crippen LogP contribution in [0.3, 0.4) is 0 Å². The maximum atomic E-state index is 6.17. The second-order valence-electron chi connectivity index (χ2n) is 5.00. The Morgan fingerprint density at radius 2 is 1.81 bits per heavy atom. The molecule has 0 aliphatic rings. The number of hydrogen-bond donors (Lipinski definition) is 0. The Morgan fingerprint density at radius 1 is 1.05 bits per heavy atom. The number of nitrogens with zero attached hydrogens (tertiary/aromatic N) is 1. The van der Waals surface area contributed by atoms with Crippen LogP contribution in [-0.4, -0.2) is 19.8 Å². The SMILES string of the molecule is CCCCN(C)c1cccc(SC)c1Oc1ccccc1. The van der Waals surface area contributed by atoms with Crippen LogP contribution in [0.2, 0.25) is 0 Å². The number of hydrogen-bond acceptors (Lipinski definition) is 3. The predicted octanol–water partition coefficient (Wildman–Crippen LogP) is 5.44. The summed E-state index contributed by atoms with van der Waals surface area (Å²) in [5.74, 6) is 1.83. The van der Waals surface area contributed by atoms with Gasteiger partial charge in [-0.3, -0.25) is 0 Å². The summed E-state index contributed by atoms with van der Waals surface area (Å²) in [5, 5.41) is 0. The quantitative estimate of drug-likeness (QED) is 0.632. The van der Waals surface area contributed by atoms with Gasteiger partial charge in [-0.05, 0) is 36.9 Å². The Morgan fingerprint density at radius 3 is 2.48 bits per heavy atom. The Balaban J connectivity index is 2.32. The van der Waals surface area contributed by atoms with Crippen molar-refractivity contribution in [2.75, 3.05) is 24.7 Å². The highest BCUT2D eigenvalue weighted by Crippen LogP contribution is 2.39. The maximum Gasteiger partial charge on any atom is 0.164 e. The highest BCUT2D eigenvalue weighted by Gasteiger charge is 2.13. The molecule has 0 aliphatic carbocycles. The standard InChI is InChI=1S/C18H23NOS/c1-4-5-14-19(2)16-12-9-13-17(21-3)18(16)20-15-10-7-6-8-11-15/h6-13H,4-5,14H2,1-3H3. The summed E-state index contributed by atoms with van der Waals surface area (Å²) in [4.78, 5) is 3.45. The van der Waals surface area contributed by atoms with E-state index in [1.54, 1.807) is 11.8 Å². The zero-order valence-electron chi connectivity index (χ0n) is 13.0. The van der Waals surface area contributed by atoms with Crippen LogP contribution in [0.5, 0.6) is 11.5 Å². The molecule has 0 spiro atoms. The molecule has 21 heavy (non-hydrogen) atoms. The molecule has 0 aromatic heterocycles. The van der Waals surface area contributed by atoms with Crippen molar-refractivity contribution in [2.24, 2.45) is 0 Å². The van der Waals surface area contributed by atoms with E-state index in [-0.39, 0.29) is 0 Å². The van der Waals surface area contributed by atoms with Gasteiger partial charge in [-0.2, -0.15) is 0 Å². The van der Waals surface area contributed by atoms with E-state index >= 15 is 0 Å². The lowest BCUT2D eigenvalue weighted by Gasteiger charge is -2.23. The van der Waals surface area contributed by atoms with Gasteiger partial charge in [0.05, 0.1) is 10.6 Å². The minimum atomic E-state index is 0.879. The van der Waals surface area contributed by atoms with Crippen LogP contribution in [0.25, 0.3) is 0 Å². The third-order valence-corrected chi connectivity index (χ3v) is 4.16. The second kappa shape index (κ2) is 7.99. The van der Waals surface area contributed by atoms with Crippen LogP contribution in [-0.2, 0) is 0 Å². The summed E-state index contributed by atoms with van der Waals surface area (Å²) in [5.41, 5.74) is 1.15. The van der Waals surface area contributed by atoms with Gasteiger partial charge in [0, 0.05) is 13.6 Å². The van der Waals surface area contributed by atoms with Crippen molar-refractivity contribution in [1.82, 2.24) is 0 Å². The van der Waals surface area contributed by atoms with Gasteiger partial charge in [-0.15, -0.1) is 11.8 Å². The normalized spacial score (nSPS) is 10.4. The van der Waals surface area contributed by atoms with Crippen molar-refractivity contribution in [3.63, 3.8) is 0 Å². The van der Waals surface area contributed by atoms with E-state index in [1.807, 2.05) is 30.3 Å². The minimum absolute atomic E-state index is 0.879. The zero-order valence-corrected chi connectivity index (χ0v) is 13.8. The molecule has 0 unspecified atom stereocenters. The third-order valence-electron chi connectivity index (χ3n) is 3.40. The van der Waals surface area contributed by atoms with Crippen LogP contribution >= 0.6 is 11.8 Å². The Labute approximate surface area is 132 Å². The van der Waals surface area contributed by atoms with Crippen LogP contribution < -0.4 is 9.64 Å². The largest absolute Gasteiger partial charge is 0.454 e. The molecule has 112 valence electrons. The van der Waals surface area contributed by atoms with E-state index in [0.717, 1.165) is 23.7 Å². The molecular weight excluding hydrogens is 278 g/mol. The van der Waals surface area contributed by atoms with E-state index in [0.29, 0.717) is 0 Å². The van der Waals surface area contributed by atoms with Crippen molar-refractivity contribution in [3.8, 4) is 11.5 Å². The second-order valence-corrected chi connectivity index (χ2v) is 5.85. The molecule has 0 atom stereocenters. The van der Waals surface area contributed by atoms with Crippen LogP contribution in [0.1, 0.15) is 19.8 Å². The molecular formula is C18H23NOS. The molecule has 3 heteroatoms. The van der Waals surface area contributed by atoms with Crippen LogP contribution in [0, 0.1) is 0 Å². The number of thioether (sulfide) groups is 1. The molecule has 2 rings (SSSR count). The molecule has 2 aromatic carbocycles. The first-order valence-corrected chi connectivity index (χ1v) is 8.59. The van der Waals surface area contributed by atoms with Gasteiger partial charge < -0.3 is 9.64 Å². The van der Waals surface area contributed by atoms with Gasteiger partial charge >= 0.3 is 0 Å². The predicted molar refractivity (Wildman–Crippen MR) is 92.9 cm³/mol. The van der Waals surface area contributed by atoms with E-state index < -0.39 is 0 Å². The number of unbranched alkanes of at least 4 members (excludes halogenated alkanes) is 1. The molecule has 0 N–H and O–H groups in total. The highest BCUT2D eigenvalue weighted by molar-refractivity contribution is 7.98. The summed E-state index contributed by atoms with van der Waals surface area (Å²) in [6.07, 6.45) is 4.47. The molecule has 2 aromatic rings. The van der Waals surface area contributed by atoms with Crippen molar-refractivity contribution in [2.45, 2.75) is 24.7 Å². The number of benzene rings is 2. The molecule has 0 bridgehead atoms. The summed E-state index contributed by atoms with van der Waals surface area (Å²) in [6.45, 7) is 3.26. The van der Waals surface area contributed by atoms with E-state index in [1.165, 1.54) is 17.7 Å². The van der Waals surface area contributed by atoms with Gasteiger partial charge in [-0.1, -0.05) is 37.6 Å². The molecule has 0 saturated heterocycles. The monoisotopic (exact) mass is 301 g/mol. The van der Waals surface area contributed by atoms with Gasteiger partial charge in [0.15, 0.2) is 5.75 Å². The molecule has 0 saturated carbocycles. The maximum absolute atomic E-state index is 6.17. The van der Waals surface area contributed by atoms with Crippen molar-refractivity contribution in [1.29, 1.82) is 0 Å². The molecule has 0 aliphatic heterocycles. The first-order valence-electron chi connectivity index (χ1n) is 7.37. The summed E-state index contributed by atoms with van der Waals surface area (Å²) >= 11 is 1.72. The minimum Gasteiger partial charge on any atom is -0.454 e. The fourth-order valence-corrected chi connectivity index (χ4v) is 2.74. The third kappa shape index (κ3) is 4.18. The Kier molecular flexibility index (Phi) is 6.00. The van der Waals surface area contributed by atoms with Crippen LogP contribution in [0.4, 0.5) is 5.69 Å². The van der Waals surface area contributed by atoms with E-state index in [2.05, 4.69) is 43.3 Å². The first-order chi connectivity index (χ1) is 10.3. The lowest BCUT2D eigenvalue weighted by molar-refractivity contribution is 0.470. The van der Waals surface area contributed by atoms with Crippen molar-refractivity contribution < 1.29 is 4.74 Å². The van der Waals surface area contributed by atoms with Gasteiger partial charge in [0.25, 0.3) is 0 Å². The first kappa shape index (κ1) is 15.8. The van der Waals surface area contributed by atoms with Gasteiger partial charge in [0.2, 0.25) is 0 Å². The average molecular weight is 301 g/mol. The van der Waals surface area contributed by atoms with E-state index in [9.17, 15) is 0 Å². The number of rotatable bonds is 7. The molecule has 0 heterocycles. The Hall–Kier alpha value is -1.61. The number of ether oxygens (including phenoxy) is 1. The Bertz CT molecular complexity index is 556. The molecule has 2 nitrogen and oxygen atoms in total. The van der Waals surface area contributed by atoms with Crippen molar-refractivity contribution >= 4 is 17.4 Å². The topological polar surface area (TPSA) is 12.5 Å². The fourth-order valence-electron chi connectivity index (χ4n) is 2.19. The van der Waals surface area contributed by atoms with Crippen molar-refractivity contribution in [3.05, 3.63) is 48.5 Å².